The van der Waals surface area contributed by atoms with E-state index >= 15 is 0 Å². The Morgan fingerprint density at radius 3 is 2.60 bits per heavy atom. The zero-order valence-corrected chi connectivity index (χ0v) is 7.58. The molecule has 0 saturated carbocycles. The van der Waals surface area contributed by atoms with Crippen molar-refractivity contribution in [2.45, 2.75) is 0 Å². The van der Waals surface area contributed by atoms with E-state index in [0.29, 0.717) is 6.08 Å². The molecule has 0 spiro atoms. The number of phenolic OH excluding ortho intramolecular Hbond substituents is 1. The monoisotopic (exact) mass is 208 g/mol. The van der Waals surface area contributed by atoms with Crippen molar-refractivity contribution in [3.63, 3.8) is 0 Å². The van der Waals surface area contributed by atoms with Gasteiger partial charge in [0.05, 0.1) is 0 Å². The maximum absolute atomic E-state index is 11.0. The Morgan fingerprint density at radius 2 is 2.00 bits per heavy atom. The van der Waals surface area contributed by atoms with Crippen LogP contribution in [0.15, 0.2) is 36.4 Å². The van der Waals surface area contributed by atoms with Crippen molar-refractivity contribution in [3.05, 3.63) is 36.4 Å². The second-order valence-electron chi connectivity index (χ2n) is 2.59. The summed E-state index contributed by atoms with van der Waals surface area (Å²) in [4.78, 5) is 21.0. The van der Waals surface area contributed by atoms with E-state index in [9.17, 15) is 9.59 Å². The maximum atomic E-state index is 11.0. The first kappa shape index (κ1) is 10.8. The number of esters is 1. The van der Waals surface area contributed by atoms with Gasteiger partial charge in [0, 0.05) is 18.2 Å². The van der Waals surface area contributed by atoms with Gasteiger partial charge in [0.2, 0.25) is 0 Å². The Bertz CT molecular complexity index is 408. The van der Waals surface area contributed by atoms with E-state index in [1.807, 2.05) is 0 Å². The number of rotatable bonds is 3. The summed E-state index contributed by atoms with van der Waals surface area (Å²) in [5.41, 5.74) is 0. The van der Waals surface area contributed by atoms with E-state index < -0.39 is 11.9 Å². The fourth-order valence-corrected chi connectivity index (χ4v) is 0.837. The molecule has 0 unspecified atom stereocenters. The summed E-state index contributed by atoms with van der Waals surface area (Å²) in [5, 5.41) is 17.3. The van der Waals surface area contributed by atoms with Crippen LogP contribution in [0.4, 0.5) is 0 Å². The molecule has 0 aliphatic carbocycles. The molecule has 78 valence electrons. The van der Waals surface area contributed by atoms with Crippen LogP contribution in [0.1, 0.15) is 0 Å². The summed E-state index contributed by atoms with van der Waals surface area (Å²) in [7, 11) is 0. The fraction of sp³-hybridized carbons (Fsp3) is 0. The van der Waals surface area contributed by atoms with Gasteiger partial charge in [-0.3, -0.25) is 0 Å². The summed E-state index contributed by atoms with van der Waals surface area (Å²) in [6.07, 6.45) is 1.46. The van der Waals surface area contributed by atoms with Gasteiger partial charge in [-0.05, 0) is 12.1 Å². The van der Waals surface area contributed by atoms with E-state index in [4.69, 9.17) is 14.9 Å². The average Bonchev–Trinajstić information content (AvgIpc) is 2.15. The minimum absolute atomic E-state index is 0.0393. The molecule has 1 rings (SSSR count). The summed E-state index contributed by atoms with van der Waals surface area (Å²) < 4.78 is 4.70. The quantitative estimate of drug-likeness (QED) is 0.438. The Kier molecular flexibility index (Phi) is 3.45. The average molecular weight is 208 g/mol. The molecule has 0 amide bonds. The van der Waals surface area contributed by atoms with E-state index in [2.05, 4.69) is 0 Å². The van der Waals surface area contributed by atoms with Crippen LogP contribution in [-0.2, 0) is 9.59 Å². The number of carboxylic acids is 1. The molecule has 15 heavy (non-hydrogen) atoms. The van der Waals surface area contributed by atoms with E-state index in [1.54, 1.807) is 0 Å². The van der Waals surface area contributed by atoms with Gasteiger partial charge in [0.15, 0.2) is 0 Å². The Morgan fingerprint density at radius 1 is 1.27 bits per heavy atom. The van der Waals surface area contributed by atoms with Crippen molar-refractivity contribution in [1.82, 2.24) is 0 Å². The zero-order valence-electron chi connectivity index (χ0n) is 7.58. The molecule has 0 saturated heterocycles. The Hall–Kier alpha value is -2.30. The van der Waals surface area contributed by atoms with Gasteiger partial charge < -0.3 is 14.9 Å². The molecule has 1 aromatic rings. The first-order chi connectivity index (χ1) is 7.08. The standard InChI is InChI=1S/C10H8O5/c11-7-2-1-3-8(6-7)15-10(14)5-4-9(12)13/h1-6,11H,(H,12,13)/b5-4+. The fourth-order valence-electron chi connectivity index (χ4n) is 0.837. The number of hydrogen-bond donors (Lipinski definition) is 2. The number of aliphatic carboxylic acids is 1. The first-order valence-corrected chi connectivity index (χ1v) is 4.00. The molecule has 0 fully saturated rings. The van der Waals surface area contributed by atoms with Crippen molar-refractivity contribution in [2.24, 2.45) is 0 Å². The highest BCUT2D eigenvalue weighted by atomic mass is 16.5. The van der Waals surface area contributed by atoms with Gasteiger partial charge in [0.25, 0.3) is 0 Å². The van der Waals surface area contributed by atoms with Crippen LogP contribution in [0.5, 0.6) is 11.5 Å². The molecule has 0 radical (unpaired) electrons. The van der Waals surface area contributed by atoms with Gasteiger partial charge in [-0.15, -0.1) is 0 Å². The molecule has 5 heteroatoms. The molecule has 0 aromatic heterocycles. The number of phenols is 1. The second-order valence-corrected chi connectivity index (χ2v) is 2.59. The highest BCUT2D eigenvalue weighted by Crippen LogP contribution is 2.17. The Labute approximate surface area is 85.2 Å². The third-order valence-corrected chi connectivity index (χ3v) is 1.40. The second kappa shape index (κ2) is 4.80. The predicted octanol–water partition coefficient (Wildman–Crippen LogP) is 0.938. The number of carbonyl (C=O) groups is 2. The van der Waals surface area contributed by atoms with Crippen molar-refractivity contribution in [2.75, 3.05) is 0 Å². The molecular weight excluding hydrogens is 200 g/mol. The van der Waals surface area contributed by atoms with E-state index in [-0.39, 0.29) is 11.5 Å². The number of carboxylic acid groups (broad SMARTS) is 1. The third-order valence-electron chi connectivity index (χ3n) is 1.40. The minimum Gasteiger partial charge on any atom is -0.508 e. The summed E-state index contributed by atoms with van der Waals surface area (Å²) in [5.74, 6) is -1.94. The predicted molar refractivity (Wildman–Crippen MR) is 50.5 cm³/mol. The lowest BCUT2D eigenvalue weighted by atomic mass is 10.3. The molecule has 0 aliphatic rings. The van der Waals surface area contributed by atoms with Crippen LogP contribution in [0.2, 0.25) is 0 Å². The van der Waals surface area contributed by atoms with Crippen LogP contribution in [0.3, 0.4) is 0 Å². The Balaban J connectivity index is 2.63. The first-order valence-electron chi connectivity index (χ1n) is 4.00. The smallest absolute Gasteiger partial charge is 0.336 e. The van der Waals surface area contributed by atoms with Gasteiger partial charge in [-0.25, -0.2) is 9.59 Å². The van der Waals surface area contributed by atoms with Crippen LogP contribution in [0, 0.1) is 0 Å². The van der Waals surface area contributed by atoms with Crippen molar-refractivity contribution >= 4 is 11.9 Å². The lowest BCUT2D eigenvalue weighted by Crippen LogP contribution is -2.04. The largest absolute Gasteiger partial charge is 0.508 e. The van der Waals surface area contributed by atoms with E-state index in [1.165, 1.54) is 24.3 Å². The summed E-state index contributed by atoms with van der Waals surface area (Å²) >= 11 is 0. The highest BCUT2D eigenvalue weighted by Gasteiger charge is 2.01. The van der Waals surface area contributed by atoms with Gasteiger partial charge >= 0.3 is 11.9 Å². The number of benzene rings is 1. The molecular formula is C10H8O5. The molecule has 1 aromatic carbocycles. The van der Waals surface area contributed by atoms with Crippen LogP contribution >= 0.6 is 0 Å². The van der Waals surface area contributed by atoms with Crippen LogP contribution in [0.25, 0.3) is 0 Å². The molecule has 0 atom stereocenters. The van der Waals surface area contributed by atoms with Gasteiger partial charge in [-0.2, -0.15) is 0 Å². The van der Waals surface area contributed by atoms with Crippen LogP contribution < -0.4 is 4.74 Å². The number of carbonyl (C=O) groups excluding carboxylic acids is 1. The molecule has 2 N–H and O–H groups in total. The number of hydrogen-bond acceptors (Lipinski definition) is 4. The van der Waals surface area contributed by atoms with Crippen molar-refractivity contribution in [1.29, 1.82) is 0 Å². The van der Waals surface area contributed by atoms with Crippen LogP contribution in [-0.4, -0.2) is 22.2 Å². The zero-order chi connectivity index (χ0) is 11.3. The lowest BCUT2D eigenvalue weighted by Gasteiger charge is -2.00. The lowest BCUT2D eigenvalue weighted by molar-refractivity contribution is -0.133. The molecule has 0 bridgehead atoms. The third kappa shape index (κ3) is 3.95. The van der Waals surface area contributed by atoms with E-state index in [0.717, 1.165) is 6.08 Å². The molecule has 0 aliphatic heterocycles. The summed E-state index contributed by atoms with van der Waals surface area (Å²) in [6.45, 7) is 0. The minimum atomic E-state index is -1.23. The summed E-state index contributed by atoms with van der Waals surface area (Å²) in [6, 6.07) is 5.63. The molecule has 5 nitrogen and oxygen atoms in total. The van der Waals surface area contributed by atoms with Gasteiger partial charge in [-0.1, -0.05) is 6.07 Å². The number of ether oxygens (including phenoxy) is 1. The normalized spacial score (nSPS) is 10.1. The topological polar surface area (TPSA) is 83.8 Å². The van der Waals surface area contributed by atoms with Crippen molar-refractivity contribution < 1.29 is 24.5 Å². The SMILES string of the molecule is O=C(O)/C=C/C(=O)Oc1cccc(O)c1. The van der Waals surface area contributed by atoms with Crippen molar-refractivity contribution in [3.8, 4) is 11.5 Å². The van der Waals surface area contributed by atoms with Gasteiger partial charge in [0.1, 0.15) is 11.5 Å². The maximum Gasteiger partial charge on any atom is 0.336 e. The molecule has 0 heterocycles. The highest BCUT2D eigenvalue weighted by molar-refractivity contribution is 5.91. The number of aromatic hydroxyl groups is 1.